The van der Waals surface area contributed by atoms with E-state index in [1.807, 2.05) is 22.7 Å². The molecule has 4 aromatic rings. The summed E-state index contributed by atoms with van der Waals surface area (Å²) in [6.07, 6.45) is 5.15. The van der Waals surface area contributed by atoms with E-state index in [4.69, 9.17) is 5.10 Å². The van der Waals surface area contributed by atoms with Crippen LogP contribution in [-0.4, -0.2) is 55.7 Å². The van der Waals surface area contributed by atoms with Crippen LogP contribution in [0.4, 0.5) is 5.13 Å². The van der Waals surface area contributed by atoms with Crippen molar-refractivity contribution in [1.82, 2.24) is 29.7 Å². The molecule has 170 valence electrons. The molecule has 6 rings (SSSR count). The Hall–Kier alpha value is -2.56. The SMILES string of the molecule is CN1CCC(CC(=O)Nc2nc3ccc(Sc4nnc5ccc(C6CC6)nn45)cc3s2)CC1. The molecule has 1 saturated carbocycles. The molecule has 4 heterocycles. The molecule has 1 aliphatic carbocycles. The van der Waals surface area contributed by atoms with E-state index in [1.54, 1.807) is 11.8 Å². The van der Waals surface area contributed by atoms with Gasteiger partial charge in [-0.1, -0.05) is 11.3 Å². The molecule has 2 aliphatic rings. The molecule has 1 saturated heterocycles. The number of piperidine rings is 1. The second-order valence-corrected chi connectivity index (χ2v) is 11.1. The number of amides is 1. The van der Waals surface area contributed by atoms with Crippen LogP contribution in [0, 0.1) is 5.92 Å². The molecule has 1 N–H and O–H groups in total. The van der Waals surface area contributed by atoms with E-state index < -0.39 is 0 Å². The van der Waals surface area contributed by atoms with Crippen molar-refractivity contribution in [3.05, 3.63) is 36.0 Å². The van der Waals surface area contributed by atoms with Crippen molar-refractivity contribution in [2.45, 2.75) is 48.1 Å². The van der Waals surface area contributed by atoms with Crippen molar-refractivity contribution < 1.29 is 4.79 Å². The maximum Gasteiger partial charge on any atom is 0.226 e. The van der Waals surface area contributed by atoms with Crippen LogP contribution < -0.4 is 5.32 Å². The van der Waals surface area contributed by atoms with Crippen LogP contribution >= 0.6 is 23.1 Å². The zero-order chi connectivity index (χ0) is 22.4. The number of thiazole rings is 1. The fourth-order valence-electron chi connectivity index (χ4n) is 4.27. The molecule has 3 aromatic heterocycles. The van der Waals surface area contributed by atoms with Crippen LogP contribution in [0.15, 0.2) is 40.4 Å². The van der Waals surface area contributed by atoms with Gasteiger partial charge in [0, 0.05) is 17.2 Å². The molecular weight excluding hydrogens is 454 g/mol. The molecule has 8 nitrogen and oxygen atoms in total. The summed E-state index contributed by atoms with van der Waals surface area (Å²) < 4.78 is 2.87. The van der Waals surface area contributed by atoms with Gasteiger partial charge in [-0.05, 0) is 93.8 Å². The van der Waals surface area contributed by atoms with Crippen molar-refractivity contribution in [3.63, 3.8) is 0 Å². The van der Waals surface area contributed by atoms with E-state index in [2.05, 4.69) is 44.6 Å². The zero-order valence-corrected chi connectivity index (χ0v) is 20.0. The van der Waals surface area contributed by atoms with Gasteiger partial charge in [0.15, 0.2) is 10.8 Å². The first kappa shape index (κ1) is 21.0. The number of carbonyl (C=O) groups excluding carboxylic acids is 1. The van der Waals surface area contributed by atoms with E-state index in [-0.39, 0.29) is 5.91 Å². The lowest BCUT2D eigenvalue weighted by Gasteiger charge is -2.28. The summed E-state index contributed by atoms with van der Waals surface area (Å²) in [6, 6.07) is 10.2. The first-order valence-corrected chi connectivity index (χ1v) is 13.0. The number of anilines is 1. The molecule has 0 unspecified atom stereocenters. The van der Waals surface area contributed by atoms with Crippen LogP contribution in [-0.2, 0) is 4.79 Å². The van der Waals surface area contributed by atoms with Crippen molar-refractivity contribution in [3.8, 4) is 0 Å². The Balaban J connectivity index is 1.16. The highest BCUT2D eigenvalue weighted by atomic mass is 32.2. The number of nitrogens with zero attached hydrogens (tertiary/aromatic N) is 6. The number of rotatable bonds is 6. The smallest absolute Gasteiger partial charge is 0.226 e. The first-order chi connectivity index (χ1) is 16.1. The summed E-state index contributed by atoms with van der Waals surface area (Å²) in [5.74, 6) is 1.10. The van der Waals surface area contributed by atoms with Crippen LogP contribution in [0.3, 0.4) is 0 Å². The Kier molecular flexibility index (Phi) is 5.51. The Bertz CT molecular complexity index is 1320. The summed E-state index contributed by atoms with van der Waals surface area (Å²) in [4.78, 5) is 20.5. The van der Waals surface area contributed by atoms with Gasteiger partial charge in [-0.25, -0.2) is 4.98 Å². The summed E-state index contributed by atoms with van der Waals surface area (Å²) in [6.45, 7) is 2.14. The van der Waals surface area contributed by atoms with Gasteiger partial charge in [-0.2, -0.15) is 9.61 Å². The fourth-order valence-corrected chi connectivity index (χ4v) is 6.09. The van der Waals surface area contributed by atoms with Crippen molar-refractivity contribution >= 4 is 50.0 Å². The Labute approximate surface area is 199 Å². The third-order valence-corrected chi connectivity index (χ3v) is 8.24. The van der Waals surface area contributed by atoms with E-state index in [0.29, 0.717) is 23.4 Å². The second kappa shape index (κ2) is 8.66. The highest BCUT2D eigenvalue weighted by molar-refractivity contribution is 7.99. The average molecular weight is 480 g/mol. The normalized spacial score (nSPS) is 17.7. The third kappa shape index (κ3) is 4.60. The van der Waals surface area contributed by atoms with E-state index >= 15 is 0 Å². The predicted octanol–water partition coefficient (Wildman–Crippen LogP) is 4.43. The van der Waals surface area contributed by atoms with E-state index in [1.165, 1.54) is 24.2 Å². The minimum atomic E-state index is 0.0608. The summed E-state index contributed by atoms with van der Waals surface area (Å²) >= 11 is 3.05. The van der Waals surface area contributed by atoms with Crippen LogP contribution in [0.25, 0.3) is 15.9 Å². The van der Waals surface area contributed by atoms with Crippen LogP contribution in [0.5, 0.6) is 0 Å². The van der Waals surface area contributed by atoms with Crippen molar-refractivity contribution in [2.75, 3.05) is 25.5 Å². The Morgan fingerprint density at radius 1 is 1.15 bits per heavy atom. The molecule has 1 amide bonds. The number of benzene rings is 1. The number of hydrogen-bond acceptors (Lipinski definition) is 8. The largest absolute Gasteiger partial charge is 0.306 e. The highest BCUT2D eigenvalue weighted by Crippen LogP contribution is 2.39. The number of carbonyl (C=O) groups is 1. The lowest BCUT2D eigenvalue weighted by molar-refractivity contribution is -0.117. The molecular formula is C23H25N7OS2. The van der Waals surface area contributed by atoms with Gasteiger partial charge in [-0.15, -0.1) is 10.2 Å². The van der Waals surface area contributed by atoms with Gasteiger partial charge < -0.3 is 10.2 Å². The fraction of sp³-hybridized carbons (Fsp3) is 0.435. The summed E-state index contributed by atoms with van der Waals surface area (Å²) in [5.41, 5.74) is 2.76. The Morgan fingerprint density at radius 2 is 2.00 bits per heavy atom. The topological polar surface area (TPSA) is 88.3 Å². The monoisotopic (exact) mass is 479 g/mol. The molecule has 0 atom stereocenters. The summed E-state index contributed by atoms with van der Waals surface area (Å²) in [5, 5.41) is 17.8. The molecule has 0 spiro atoms. The molecule has 1 aliphatic heterocycles. The molecule has 0 radical (unpaired) electrons. The maximum atomic E-state index is 12.5. The third-order valence-electron chi connectivity index (χ3n) is 6.38. The van der Waals surface area contributed by atoms with Crippen LogP contribution in [0.2, 0.25) is 0 Å². The van der Waals surface area contributed by atoms with Gasteiger partial charge >= 0.3 is 0 Å². The minimum absolute atomic E-state index is 0.0608. The predicted molar refractivity (Wildman–Crippen MR) is 130 cm³/mol. The number of fused-ring (bicyclic) bond motifs is 2. The highest BCUT2D eigenvalue weighted by Gasteiger charge is 2.26. The maximum absolute atomic E-state index is 12.5. The van der Waals surface area contributed by atoms with Crippen LogP contribution in [0.1, 0.15) is 43.7 Å². The number of aromatic nitrogens is 5. The minimum Gasteiger partial charge on any atom is -0.306 e. The number of hydrogen-bond donors (Lipinski definition) is 1. The first-order valence-electron chi connectivity index (χ1n) is 11.4. The Morgan fingerprint density at radius 3 is 2.82 bits per heavy atom. The standard InChI is InChI=1S/C23H25N7OS2/c1-29-10-8-14(9-11-29)12-21(31)25-22-24-18-5-4-16(13-19(18)33-22)32-23-27-26-20-7-6-17(15-2-3-15)28-30(20)23/h4-7,13-15H,2-3,8-12H2,1H3,(H,24,25,31). The molecule has 10 heteroatoms. The molecule has 33 heavy (non-hydrogen) atoms. The van der Waals surface area contributed by atoms with Crippen molar-refractivity contribution in [2.24, 2.45) is 5.92 Å². The van der Waals surface area contributed by atoms with Gasteiger partial charge in [0.05, 0.1) is 15.9 Å². The average Bonchev–Trinajstić information content (AvgIpc) is 3.48. The summed E-state index contributed by atoms with van der Waals surface area (Å²) in [7, 11) is 2.14. The zero-order valence-electron chi connectivity index (χ0n) is 18.4. The van der Waals surface area contributed by atoms with Gasteiger partial charge in [0.25, 0.3) is 0 Å². The van der Waals surface area contributed by atoms with Crippen molar-refractivity contribution in [1.29, 1.82) is 0 Å². The molecule has 1 aromatic carbocycles. The van der Waals surface area contributed by atoms with E-state index in [0.717, 1.165) is 57.5 Å². The quantitative estimate of drug-likeness (QED) is 0.438. The lowest BCUT2D eigenvalue weighted by atomic mass is 9.93. The lowest BCUT2D eigenvalue weighted by Crippen LogP contribution is -2.31. The molecule has 0 bridgehead atoms. The number of nitrogens with one attached hydrogen (secondary N) is 1. The van der Waals surface area contributed by atoms with E-state index in [9.17, 15) is 4.79 Å². The van der Waals surface area contributed by atoms with Gasteiger partial charge in [0.1, 0.15) is 0 Å². The number of likely N-dealkylation sites (tertiary alicyclic amines) is 1. The molecule has 2 fully saturated rings. The van der Waals surface area contributed by atoms with Gasteiger partial charge in [0.2, 0.25) is 11.1 Å². The second-order valence-electron chi connectivity index (χ2n) is 9.03. The van der Waals surface area contributed by atoms with Gasteiger partial charge in [-0.3, -0.25) is 4.79 Å².